The van der Waals surface area contributed by atoms with Crippen molar-refractivity contribution in [3.05, 3.63) is 130 Å². The molecule has 228 valence electrons. The molecule has 6 heteroatoms. The first-order valence-electron chi connectivity index (χ1n) is 15.7. The standard InChI is InChI=1S/C39H38N2O4/c40-28-32-12-20-34(21-13-32)38(42)44-36-24-16-30(17-25-36)10-8-6-4-2-1-3-5-7-9-11-31-18-26-37(27-19-31)45-39(43)35-22-14-33(29-41)15-23-35/h12-27H,1-11H2. The van der Waals surface area contributed by atoms with Gasteiger partial charge in [0.15, 0.2) is 0 Å². The molecule has 0 aromatic heterocycles. The van der Waals surface area contributed by atoms with Crippen LogP contribution in [0.25, 0.3) is 0 Å². The van der Waals surface area contributed by atoms with Crippen LogP contribution in [0.2, 0.25) is 0 Å². The summed E-state index contributed by atoms with van der Waals surface area (Å²) in [4.78, 5) is 24.6. The predicted octanol–water partition coefficient (Wildman–Crippen LogP) is 9.16. The summed E-state index contributed by atoms with van der Waals surface area (Å²) in [7, 11) is 0. The molecule has 0 fully saturated rings. The number of esters is 2. The van der Waals surface area contributed by atoms with E-state index in [4.69, 9.17) is 20.0 Å². The molecule has 0 saturated carbocycles. The van der Waals surface area contributed by atoms with Crippen LogP contribution in [0.5, 0.6) is 11.5 Å². The maximum Gasteiger partial charge on any atom is 0.343 e. The smallest absolute Gasteiger partial charge is 0.343 e. The van der Waals surface area contributed by atoms with E-state index in [1.807, 2.05) is 60.7 Å². The molecule has 0 aliphatic rings. The van der Waals surface area contributed by atoms with Gasteiger partial charge in [0.25, 0.3) is 0 Å². The summed E-state index contributed by atoms with van der Waals surface area (Å²) in [5.41, 5.74) is 4.34. The van der Waals surface area contributed by atoms with Gasteiger partial charge in [-0.3, -0.25) is 0 Å². The van der Waals surface area contributed by atoms with E-state index in [1.165, 1.54) is 56.1 Å². The summed E-state index contributed by atoms with van der Waals surface area (Å²) in [6.07, 6.45) is 13.1. The Morgan fingerprint density at radius 2 is 0.756 bits per heavy atom. The van der Waals surface area contributed by atoms with Crippen LogP contribution in [0.3, 0.4) is 0 Å². The average Bonchev–Trinajstić information content (AvgIpc) is 3.08. The van der Waals surface area contributed by atoms with Gasteiger partial charge in [0.2, 0.25) is 0 Å². The molecule has 0 aliphatic heterocycles. The molecule has 0 N–H and O–H groups in total. The number of nitrogens with zero attached hydrogens (tertiary/aromatic N) is 2. The van der Waals surface area contributed by atoms with Gasteiger partial charge in [0, 0.05) is 0 Å². The number of hydrogen-bond acceptors (Lipinski definition) is 6. The molecule has 0 spiro atoms. The van der Waals surface area contributed by atoms with Crippen LogP contribution in [0.4, 0.5) is 0 Å². The Morgan fingerprint density at radius 1 is 0.444 bits per heavy atom. The van der Waals surface area contributed by atoms with Crippen molar-refractivity contribution in [2.24, 2.45) is 0 Å². The van der Waals surface area contributed by atoms with Gasteiger partial charge in [-0.05, 0) is 110 Å². The highest BCUT2D eigenvalue weighted by Gasteiger charge is 2.10. The molecular formula is C39H38N2O4. The van der Waals surface area contributed by atoms with Crippen LogP contribution in [-0.2, 0) is 12.8 Å². The Balaban J connectivity index is 0.997. The minimum atomic E-state index is -0.429. The minimum Gasteiger partial charge on any atom is -0.423 e. The maximum atomic E-state index is 12.3. The van der Waals surface area contributed by atoms with Crippen LogP contribution in [0.1, 0.15) is 101 Å². The molecule has 4 aromatic carbocycles. The number of carbonyl (C=O) groups is 2. The quantitative estimate of drug-likeness (QED) is 0.0724. The Bertz CT molecular complexity index is 1470. The van der Waals surface area contributed by atoms with E-state index in [-0.39, 0.29) is 0 Å². The zero-order valence-electron chi connectivity index (χ0n) is 25.5. The maximum absolute atomic E-state index is 12.3. The van der Waals surface area contributed by atoms with E-state index in [1.54, 1.807) is 48.5 Å². The lowest BCUT2D eigenvalue weighted by Crippen LogP contribution is -2.08. The Kier molecular flexibility index (Phi) is 12.9. The fourth-order valence-electron chi connectivity index (χ4n) is 5.04. The van der Waals surface area contributed by atoms with Crippen molar-refractivity contribution >= 4 is 11.9 Å². The summed E-state index contributed by atoms with van der Waals surface area (Å²) < 4.78 is 10.9. The molecule has 0 amide bonds. The number of carbonyl (C=O) groups excluding carboxylic acids is 2. The second kappa shape index (κ2) is 17.8. The van der Waals surface area contributed by atoms with Crippen LogP contribution >= 0.6 is 0 Å². The Hall–Kier alpha value is -5.20. The number of aryl methyl sites for hydroxylation is 2. The first kappa shape index (κ1) is 32.7. The molecule has 6 nitrogen and oxygen atoms in total. The highest BCUT2D eigenvalue weighted by Crippen LogP contribution is 2.19. The molecule has 0 bridgehead atoms. The number of unbranched alkanes of at least 4 members (excludes halogenated alkanes) is 8. The monoisotopic (exact) mass is 598 g/mol. The minimum absolute atomic E-state index is 0.421. The summed E-state index contributed by atoms with van der Waals surface area (Å²) in [5.74, 6) is 0.179. The van der Waals surface area contributed by atoms with Crippen LogP contribution in [0.15, 0.2) is 97.1 Å². The second-order valence-corrected chi connectivity index (χ2v) is 11.1. The van der Waals surface area contributed by atoms with E-state index in [0.29, 0.717) is 33.8 Å². The fourth-order valence-corrected chi connectivity index (χ4v) is 5.04. The molecular weight excluding hydrogens is 560 g/mol. The van der Waals surface area contributed by atoms with E-state index in [9.17, 15) is 9.59 Å². The number of rotatable bonds is 16. The number of ether oxygens (including phenoxy) is 2. The van der Waals surface area contributed by atoms with Gasteiger partial charge in [-0.1, -0.05) is 69.2 Å². The first-order chi connectivity index (χ1) is 22.0. The average molecular weight is 599 g/mol. The summed E-state index contributed by atoms with van der Waals surface area (Å²) in [5, 5.41) is 17.8. The van der Waals surface area contributed by atoms with Gasteiger partial charge < -0.3 is 9.47 Å². The van der Waals surface area contributed by atoms with Crippen molar-refractivity contribution < 1.29 is 19.1 Å². The molecule has 0 saturated heterocycles. The molecule has 0 atom stereocenters. The normalized spacial score (nSPS) is 10.4. The summed E-state index contributed by atoms with van der Waals surface area (Å²) >= 11 is 0. The molecule has 4 rings (SSSR count). The van der Waals surface area contributed by atoms with Crippen LogP contribution < -0.4 is 9.47 Å². The fraction of sp³-hybridized carbons (Fsp3) is 0.282. The van der Waals surface area contributed by atoms with Gasteiger partial charge >= 0.3 is 11.9 Å². The van der Waals surface area contributed by atoms with Gasteiger partial charge in [-0.25, -0.2) is 9.59 Å². The Morgan fingerprint density at radius 3 is 1.07 bits per heavy atom. The highest BCUT2D eigenvalue weighted by atomic mass is 16.5. The topological polar surface area (TPSA) is 100 Å². The van der Waals surface area contributed by atoms with E-state index in [0.717, 1.165) is 25.7 Å². The van der Waals surface area contributed by atoms with E-state index >= 15 is 0 Å². The van der Waals surface area contributed by atoms with Crippen LogP contribution in [-0.4, -0.2) is 11.9 Å². The molecule has 0 radical (unpaired) electrons. The van der Waals surface area contributed by atoms with Crippen molar-refractivity contribution in [1.82, 2.24) is 0 Å². The van der Waals surface area contributed by atoms with Crippen molar-refractivity contribution in [2.75, 3.05) is 0 Å². The molecule has 45 heavy (non-hydrogen) atoms. The summed E-state index contributed by atoms with van der Waals surface area (Å²) in [6.45, 7) is 0. The molecule has 0 heterocycles. The highest BCUT2D eigenvalue weighted by molar-refractivity contribution is 5.91. The van der Waals surface area contributed by atoms with Gasteiger partial charge in [0.1, 0.15) is 11.5 Å². The lowest BCUT2D eigenvalue weighted by Gasteiger charge is -2.07. The van der Waals surface area contributed by atoms with Crippen molar-refractivity contribution in [3.63, 3.8) is 0 Å². The lowest BCUT2D eigenvalue weighted by atomic mass is 10.0. The third-order valence-electron chi connectivity index (χ3n) is 7.70. The zero-order valence-corrected chi connectivity index (χ0v) is 25.5. The number of nitriles is 2. The summed E-state index contributed by atoms with van der Waals surface area (Å²) in [6, 6.07) is 32.3. The van der Waals surface area contributed by atoms with Crippen molar-refractivity contribution in [2.45, 2.75) is 70.6 Å². The van der Waals surface area contributed by atoms with Gasteiger partial charge in [0.05, 0.1) is 34.4 Å². The van der Waals surface area contributed by atoms with Crippen LogP contribution in [0, 0.1) is 22.7 Å². The zero-order chi connectivity index (χ0) is 31.7. The third-order valence-corrected chi connectivity index (χ3v) is 7.70. The number of benzene rings is 4. The Labute approximate surface area is 265 Å². The van der Waals surface area contributed by atoms with E-state index < -0.39 is 11.9 Å². The third kappa shape index (κ3) is 11.1. The van der Waals surface area contributed by atoms with E-state index in [2.05, 4.69) is 0 Å². The second-order valence-electron chi connectivity index (χ2n) is 11.1. The van der Waals surface area contributed by atoms with Crippen molar-refractivity contribution in [1.29, 1.82) is 10.5 Å². The molecule has 0 aliphatic carbocycles. The SMILES string of the molecule is N#Cc1ccc(C(=O)Oc2ccc(CCCCCCCCCCCc3ccc(OC(=O)c4ccc(C#N)cc4)cc3)cc2)cc1. The van der Waals surface area contributed by atoms with Gasteiger partial charge in [-0.15, -0.1) is 0 Å². The van der Waals surface area contributed by atoms with Crippen molar-refractivity contribution in [3.8, 4) is 23.6 Å². The lowest BCUT2D eigenvalue weighted by molar-refractivity contribution is 0.0725. The first-order valence-corrected chi connectivity index (χ1v) is 15.7. The van der Waals surface area contributed by atoms with Gasteiger partial charge in [-0.2, -0.15) is 10.5 Å². The molecule has 4 aromatic rings. The molecule has 0 unspecified atom stereocenters. The predicted molar refractivity (Wildman–Crippen MR) is 174 cm³/mol. The number of hydrogen-bond donors (Lipinski definition) is 0. The largest absolute Gasteiger partial charge is 0.423 e.